The van der Waals surface area contributed by atoms with Gasteiger partial charge in [0.2, 0.25) is 0 Å². The van der Waals surface area contributed by atoms with Crippen LogP contribution in [0.2, 0.25) is 15.2 Å². The largest absolute Gasteiger partial charge is 0.490 e. The second kappa shape index (κ2) is 5.68. The summed E-state index contributed by atoms with van der Waals surface area (Å²) in [5.41, 5.74) is 1.37. The van der Waals surface area contributed by atoms with E-state index in [1.54, 1.807) is 6.07 Å². The van der Waals surface area contributed by atoms with Gasteiger partial charge in [-0.05, 0) is 24.3 Å². The van der Waals surface area contributed by atoms with E-state index in [0.717, 1.165) is 17.7 Å². The Morgan fingerprint density at radius 2 is 1.65 bits per heavy atom. The first-order valence-electron chi connectivity index (χ1n) is 6.07. The Morgan fingerprint density at radius 1 is 0.900 bits per heavy atom. The zero-order valence-corrected chi connectivity index (χ0v) is 12.6. The van der Waals surface area contributed by atoms with Crippen LogP contribution in [0.3, 0.4) is 0 Å². The molecule has 0 unspecified atom stereocenters. The molecule has 0 saturated carbocycles. The molecule has 20 heavy (non-hydrogen) atoms. The van der Waals surface area contributed by atoms with Crippen molar-refractivity contribution in [1.29, 1.82) is 0 Å². The van der Waals surface area contributed by atoms with Crippen LogP contribution in [0, 0.1) is 0 Å². The fraction of sp³-hybridized carbons (Fsp3) is 0.214. The van der Waals surface area contributed by atoms with Crippen molar-refractivity contribution in [3.8, 4) is 22.8 Å². The minimum Gasteiger partial charge on any atom is -0.490 e. The number of hydrogen-bond acceptors (Lipinski definition) is 3. The summed E-state index contributed by atoms with van der Waals surface area (Å²) < 4.78 is 11.2. The Hall–Kier alpha value is -1.16. The third-order valence-corrected chi connectivity index (χ3v) is 3.87. The van der Waals surface area contributed by atoms with Crippen molar-refractivity contribution in [2.75, 3.05) is 13.2 Å². The van der Waals surface area contributed by atoms with Gasteiger partial charge in [0.15, 0.2) is 11.5 Å². The van der Waals surface area contributed by atoms with E-state index in [-0.39, 0.29) is 5.15 Å². The van der Waals surface area contributed by atoms with Gasteiger partial charge in [0.25, 0.3) is 0 Å². The number of rotatable bonds is 1. The van der Waals surface area contributed by atoms with E-state index in [9.17, 15) is 0 Å². The van der Waals surface area contributed by atoms with Gasteiger partial charge in [-0.2, -0.15) is 0 Å². The maximum atomic E-state index is 6.17. The lowest BCUT2D eigenvalue weighted by Crippen LogP contribution is -1.97. The van der Waals surface area contributed by atoms with Crippen molar-refractivity contribution in [3.05, 3.63) is 39.5 Å². The molecule has 0 fully saturated rings. The summed E-state index contributed by atoms with van der Waals surface area (Å²) in [6, 6.07) is 7.14. The Bertz CT molecular complexity index is 661. The number of ether oxygens (including phenoxy) is 2. The SMILES string of the molecule is Clc1cc(Cl)c(-c2ccc3c(c2)OCCCO3)nc1Cl. The van der Waals surface area contributed by atoms with Crippen LogP contribution >= 0.6 is 34.8 Å². The second-order valence-corrected chi connectivity index (χ2v) is 5.48. The van der Waals surface area contributed by atoms with Gasteiger partial charge in [0.05, 0.1) is 29.0 Å². The highest BCUT2D eigenvalue weighted by Crippen LogP contribution is 2.37. The molecule has 104 valence electrons. The molecule has 1 aliphatic rings. The van der Waals surface area contributed by atoms with Crippen LogP contribution in [0.4, 0.5) is 0 Å². The van der Waals surface area contributed by atoms with Crippen LogP contribution in [-0.2, 0) is 0 Å². The first kappa shape index (κ1) is 13.8. The summed E-state index contributed by atoms with van der Waals surface area (Å²) >= 11 is 18.0. The van der Waals surface area contributed by atoms with Crippen molar-refractivity contribution in [3.63, 3.8) is 0 Å². The molecule has 2 aromatic rings. The van der Waals surface area contributed by atoms with Gasteiger partial charge in [-0.25, -0.2) is 4.98 Å². The van der Waals surface area contributed by atoms with Crippen molar-refractivity contribution < 1.29 is 9.47 Å². The summed E-state index contributed by atoms with van der Waals surface area (Å²) in [4.78, 5) is 4.22. The van der Waals surface area contributed by atoms with Gasteiger partial charge in [-0.3, -0.25) is 0 Å². The summed E-state index contributed by atoms with van der Waals surface area (Å²) in [6.07, 6.45) is 0.857. The van der Waals surface area contributed by atoms with Crippen LogP contribution in [-0.4, -0.2) is 18.2 Å². The predicted molar refractivity (Wildman–Crippen MR) is 80.3 cm³/mol. The van der Waals surface area contributed by atoms with Gasteiger partial charge >= 0.3 is 0 Å². The number of benzene rings is 1. The molecule has 3 rings (SSSR count). The van der Waals surface area contributed by atoms with Crippen molar-refractivity contribution in [1.82, 2.24) is 4.98 Å². The molecule has 1 aromatic carbocycles. The van der Waals surface area contributed by atoms with Crippen LogP contribution in [0.5, 0.6) is 11.5 Å². The van der Waals surface area contributed by atoms with Gasteiger partial charge in [-0.15, -0.1) is 0 Å². The summed E-state index contributed by atoms with van der Waals surface area (Å²) in [6.45, 7) is 1.27. The molecule has 6 heteroatoms. The van der Waals surface area contributed by atoms with E-state index < -0.39 is 0 Å². The van der Waals surface area contributed by atoms with Crippen LogP contribution < -0.4 is 9.47 Å². The Balaban J connectivity index is 2.07. The summed E-state index contributed by atoms with van der Waals surface area (Å²) in [5.74, 6) is 1.41. The fourth-order valence-electron chi connectivity index (χ4n) is 1.96. The standard InChI is InChI=1S/C14H10Cl3NO2/c15-9-7-10(16)14(17)18-13(9)8-2-3-11-12(6-8)20-5-1-4-19-11/h2-3,6-7H,1,4-5H2. The Kier molecular flexibility index (Phi) is 3.92. The van der Waals surface area contributed by atoms with E-state index in [0.29, 0.717) is 34.7 Å². The van der Waals surface area contributed by atoms with Crippen molar-refractivity contribution in [2.24, 2.45) is 0 Å². The van der Waals surface area contributed by atoms with E-state index in [1.165, 1.54) is 0 Å². The minimum absolute atomic E-state index is 0.221. The molecular formula is C14H10Cl3NO2. The average Bonchev–Trinajstić information content (AvgIpc) is 2.67. The molecule has 0 spiro atoms. The number of nitrogens with zero attached hydrogens (tertiary/aromatic N) is 1. The maximum absolute atomic E-state index is 6.17. The zero-order chi connectivity index (χ0) is 14.1. The van der Waals surface area contributed by atoms with Gasteiger partial charge in [0, 0.05) is 12.0 Å². The highest BCUT2D eigenvalue weighted by molar-refractivity contribution is 6.42. The van der Waals surface area contributed by atoms with Crippen LogP contribution in [0.25, 0.3) is 11.3 Å². The Morgan fingerprint density at radius 3 is 2.45 bits per heavy atom. The molecule has 2 heterocycles. The lowest BCUT2D eigenvalue weighted by molar-refractivity contribution is 0.297. The summed E-state index contributed by atoms with van der Waals surface area (Å²) in [7, 11) is 0. The number of pyridine rings is 1. The molecule has 1 aliphatic heterocycles. The average molecular weight is 331 g/mol. The molecule has 0 N–H and O–H groups in total. The third kappa shape index (κ3) is 2.66. The smallest absolute Gasteiger partial charge is 0.161 e. The highest BCUT2D eigenvalue weighted by Gasteiger charge is 2.15. The van der Waals surface area contributed by atoms with E-state index in [2.05, 4.69) is 4.98 Å². The lowest BCUT2D eigenvalue weighted by atomic mass is 10.1. The normalized spacial score (nSPS) is 13.9. The molecule has 0 radical (unpaired) electrons. The van der Waals surface area contributed by atoms with E-state index in [4.69, 9.17) is 44.3 Å². The van der Waals surface area contributed by atoms with Crippen LogP contribution in [0.1, 0.15) is 6.42 Å². The quantitative estimate of drug-likeness (QED) is 0.699. The lowest BCUT2D eigenvalue weighted by Gasteiger charge is -2.10. The van der Waals surface area contributed by atoms with Crippen molar-refractivity contribution in [2.45, 2.75) is 6.42 Å². The molecule has 0 saturated heterocycles. The summed E-state index contributed by atoms with van der Waals surface area (Å²) in [5, 5.41) is 0.988. The number of hydrogen-bond donors (Lipinski definition) is 0. The topological polar surface area (TPSA) is 31.4 Å². The van der Waals surface area contributed by atoms with Gasteiger partial charge < -0.3 is 9.47 Å². The third-order valence-electron chi connectivity index (χ3n) is 2.91. The molecular weight excluding hydrogens is 321 g/mol. The number of fused-ring (bicyclic) bond motifs is 1. The molecule has 0 atom stereocenters. The molecule has 0 bridgehead atoms. The first-order valence-corrected chi connectivity index (χ1v) is 7.20. The number of halogens is 3. The predicted octanol–water partition coefficient (Wildman–Crippen LogP) is 4.87. The minimum atomic E-state index is 0.221. The van der Waals surface area contributed by atoms with E-state index >= 15 is 0 Å². The monoisotopic (exact) mass is 329 g/mol. The Labute approximate surface area is 131 Å². The fourth-order valence-corrected chi connectivity index (χ4v) is 2.56. The van der Waals surface area contributed by atoms with E-state index in [1.807, 2.05) is 18.2 Å². The molecule has 0 aliphatic carbocycles. The number of aromatic nitrogens is 1. The first-order chi connectivity index (χ1) is 9.65. The van der Waals surface area contributed by atoms with Crippen LogP contribution in [0.15, 0.2) is 24.3 Å². The maximum Gasteiger partial charge on any atom is 0.161 e. The molecule has 0 amide bonds. The zero-order valence-electron chi connectivity index (χ0n) is 10.3. The second-order valence-electron chi connectivity index (χ2n) is 4.30. The van der Waals surface area contributed by atoms with Gasteiger partial charge in [-0.1, -0.05) is 34.8 Å². The molecule has 3 nitrogen and oxygen atoms in total. The molecule has 1 aromatic heterocycles. The van der Waals surface area contributed by atoms with Crippen molar-refractivity contribution >= 4 is 34.8 Å². The van der Waals surface area contributed by atoms with Gasteiger partial charge in [0.1, 0.15) is 5.15 Å². The highest BCUT2D eigenvalue weighted by atomic mass is 35.5.